The van der Waals surface area contributed by atoms with Crippen LogP contribution >= 0.6 is 11.6 Å². The Morgan fingerprint density at radius 3 is 2.29 bits per heavy atom. The van der Waals surface area contributed by atoms with Crippen molar-refractivity contribution in [1.29, 1.82) is 0 Å². The van der Waals surface area contributed by atoms with Gasteiger partial charge in [0.15, 0.2) is 5.78 Å². The molecule has 2 unspecified atom stereocenters. The average Bonchev–Trinajstić information content (AvgIpc) is 3.33. The molecule has 3 aromatic carbocycles. The summed E-state index contributed by atoms with van der Waals surface area (Å²) in [7, 11) is -4.03. The molecule has 10 heteroatoms. The maximum absolute atomic E-state index is 13.7. The van der Waals surface area contributed by atoms with E-state index in [1.54, 1.807) is 24.3 Å². The Hall–Kier alpha value is -3.30. The number of halogens is 4. The molecule has 4 aromatic rings. The molecule has 0 bridgehead atoms. The second-order valence-corrected chi connectivity index (χ2v) is 12.8. The molecule has 0 spiro atoms. The molecule has 0 saturated heterocycles. The van der Waals surface area contributed by atoms with Crippen molar-refractivity contribution >= 4 is 38.1 Å². The number of Topliss-reactive ketones (excluding diaryl/α,β-unsaturated/α-hetero) is 1. The Labute approximate surface area is 241 Å². The van der Waals surface area contributed by atoms with Gasteiger partial charge in [0.05, 0.1) is 16.6 Å². The van der Waals surface area contributed by atoms with E-state index in [1.807, 2.05) is 0 Å². The monoisotopic (exact) mass is 603 g/mol. The Morgan fingerprint density at radius 1 is 0.902 bits per heavy atom. The average molecular weight is 604 g/mol. The summed E-state index contributed by atoms with van der Waals surface area (Å²) in [4.78, 5) is 16.8. The van der Waals surface area contributed by atoms with Crippen LogP contribution in [0.3, 0.4) is 0 Å². The molecular formula is C31H29ClF3NO4S. The van der Waals surface area contributed by atoms with Gasteiger partial charge in [-0.05, 0) is 86.2 Å². The fourth-order valence-electron chi connectivity index (χ4n) is 5.44. The molecular weight excluding hydrogens is 575 g/mol. The smallest absolute Gasteiger partial charge is 0.416 e. The van der Waals surface area contributed by atoms with Crippen LogP contribution < -0.4 is 4.74 Å². The van der Waals surface area contributed by atoms with Crippen molar-refractivity contribution in [3.8, 4) is 5.75 Å². The summed E-state index contributed by atoms with van der Waals surface area (Å²) in [6.45, 7) is 0. The predicted molar refractivity (Wildman–Crippen MR) is 151 cm³/mol. The Bertz CT molecular complexity index is 1630. The van der Waals surface area contributed by atoms with E-state index in [4.69, 9.17) is 16.3 Å². The lowest BCUT2D eigenvalue weighted by Gasteiger charge is -2.25. The van der Waals surface area contributed by atoms with Crippen LogP contribution in [0.25, 0.3) is 10.9 Å². The number of hydrogen-bond acceptors (Lipinski definition) is 4. The highest BCUT2D eigenvalue weighted by molar-refractivity contribution is 7.91. The normalized spacial score (nSPS) is 18.5. The van der Waals surface area contributed by atoms with Crippen molar-refractivity contribution in [2.45, 2.75) is 67.0 Å². The highest BCUT2D eigenvalue weighted by Gasteiger charge is 2.32. The van der Waals surface area contributed by atoms with E-state index >= 15 is 0 Å². The molecule has 1 aliphatic rings. The van der Waals surface area contributed by atoms with Crippen LogP contribution in [0.15, 0.2) is 82.6 Å². The van der Waals surface area contributed by atoms with Gasteiger partial charge in [-0.15, -0.1) is 0 Å². The van der Waals surface area contributed by atoms with Crippen LogP contribution in [0.2, 0.25) is 5.02 Å². The third kappa shape index (κ3) is 6.62. The van der Waals surface area contributed by atoms with Gasteiger partial charge in [-0.25, -0.2) is 8.42 Å². The first-order chi connectivity index (χ1) is 19.5. The van der Waals surface area contributed by atoms with Crippen LogP contribution in [0.5, 0.6) is 5.75 Å². The van der Waals surface area contributed by atoms with Crippen LogP contribution in [-0.4, -0.2) is 25.3 Å². The molecule has 2 atom stereocenters. The minimum Gasteiger partial charge on any atom is -0.490 e. The molecule has 0 aliphatic heterocycles. The zero-order valence-electron chi connectivity index (χ0n) is 22.1. The molecule has 1 fully saturated rings. The number of para-hydroxylation sites is 1. The molecule has 1 N–H and O–H groups in total. The standard InChI is InChI=1S/C31H29ClF3NO4S/c32-22-12-17-25(18-13-22)41(38,39)30-26-7-3-4-8-27(26)36-29(30)28(37)19-20-5-1-2-6-23(14-9-20)40-24-15-10-21(11-16-24)31(33,34)35/h3-4,7-8,10-13,15-18,20,23,36H,1-2,5-6,9,14,19H2. The zero-order chi connectivity index (χ0) is 29.2. The molecule has 41 heavy (non-hydrogen) atoms. The number of aromatic amines is 1. The van der Waals surface area contributed by atoms with Crippen LogP contribution in [-0.2, 0) is 16.0 Å². The van der Waals surface area contributed by atoms with E-state index in [-0.39, 0.29) is 39.7 Å². The number of sulfone groups is 1. The third-order valence-electron chi connectivity index (χ3n) is 7.57. The van der Waals surface area contributed by atoms with Gasteiger partial charge in [0.1, 0.15) is 16.3 Å². The van der Waals surface area contributed by atoms with E-state index in [0.29, 0.717) is 34.5 Å². The lowest BCUT2D eigenvalue weighted by molar-refractivity contribution is -0.137. The molecule has 1 aliphatic carbocycles. The van der Waals surface area contributed by atoms with Crippen molar-refractivity contribution in [2.24, 2.45) is 5.92 Å². The lowest BCUT2D eigenvalue weighted by Crippen LogP contribution is -2.22. The number of ketones is 1. The van der Waals surface area contributed by atoms with Gasteiger partial charge in [-0.2, -0.15) is 13.2 Å². The predicted octanol–water partition coefficient (Wildman–Crippen LogP) is 8.66. The van der Waals surface area contributed by atoms with Crippen molar-refractivity contribution in [1.82, 2.24) is 4.98 Å². The van der Waals surface area contributed by atoms with E-state index in [0.717, 1.165) is 37.8 Å². The number of aromatic nitrogens is 1. The summed E-state index contributed by atoms with van der Waals surface area (Å²) in [6, 6.07) is 17.5. The summed E-state index contributed by atoms with van der Waals surface area (Å²) in [5, 5.41) is 0.859. The van der Waals surface area contributed by atoms with Gasteiger partial charge >= 0.3 is 6.18 Å². The van der Waals surface area contributed by atoms with Gasteiger partial charge in [0.2, 0.25) is 9.84 Å². The summed E-state index contributed by atoms with van der Waals surface area (Å²) < 4.78 is 72.2. The molecule has 0 amide bonds. The molecule has 216 valence electrons. The number of nitrogens with one attached hydrogen (secondary N) is 1. The number of alkyl halides is 3. The third-order valence-corrected chi connectivity index (χ3v) is 9.68. The molecule has 5 nitrogen and oxygen atoms in total. The number of benzene rings is 3. The van der Waals surface area contributed by atoms with Crippen LogP contribution in [0.4, 0.5) is 13.2 Å². The van der Waals surface area contributed by atoms with Crippen LogP contribution in [0, 0.1) is 5.92 Å². The summed E-state index contributed by atoms with van der Waals surface area (Å²) in [5.41, 5.74) is -0.0951. The first kappa shape index (κ1) is 29.2. The number of carbonyl (C=O) groups is 1. The van der Waals surface area contributed by atoms with Crippen molar-refractivity contribution in [2.75, 3.05) is 0 Å². The Kier molecular flexibility index (Phi) is 8.47. The Balaban J connectivity index is 1.33. The number of ether oxygens (including phenoxy) is 1. The fourth-order valence-corrected chi connectivity index (χ4v) is 7.20. The molecule has 1 heterocycles. The van der Waals surface area contributed by atoms with Gasteiger partial charge in [0, 0.05) is 22.3 Å². The summed E-state index contributed by atoms with van der Waals surface area (Å²) >= 11 is 5.97. The number of H-pyrrole nitrogens is 1. The second kappa shape index (κ2) is 11.9. The maximum atomic E-state index is 13.7. The minimum absolute atomic E-state index is 0.0130. The van der Waals surface area contributed by atoms with Crippen molar-refractivity contribution in [3.63, 3.8) is 0 Å². The first-order valence-corrected chi connectivity index (χ1v) is 15.4. The highest BCUT2D eigenvalue weighted by Crippen LogP contribution is 2.35. The van der Waals surface area contributed by atoms with Gasteiger partial charge in [-0.3, -0.25) is 4.79 Å². The Morgan fingerprint density at radius 2 is 1.59 bits per heavy atom. The van der Waals surface area contributed by atoms with Gasteiger partial charge < -0.3 is 9.72 Å². The number of fused-ring (bicyclic) bond motifs is 1. The lowest BCUT2D eigenvalue weighted by atomic mass is 9.86. The maximum Gasteiger partial charge on any atom is 0.416 e. The molecule has 1 aromatic heterocycles. The quantitative estimate of drug-likeness (QED) is 0.214. The largest absolute Gasteiger partial charge is 0.490 e. The number of hydrogen-bond donors (Lipinski definition) is 1. The number of carbonyl (C=O) groups excluding carboxylic acids is 1. The molecule has 1 saturated carbocycles. The van der Waals surface area contributed by atoms with E-state index in [9.17, 15) is 26.4 Å². The number of rotatable bonds is 7. The molecule has 0 radical (unpaired) electrons. The topological polar surface area (TPSA) is 76.2 Å². The van der Waals surface area contributed by atoms with Crippen LogP contribution in [0.1, 0.15) is 61.0 Å². The van der Waals surface area contributed by atoms with Crippen molar-refractivity contribution in [3.05, 3.63) is 89.1 Å². The minimum atomic E-state index is -4.41. The van der Waals surface area contributed by atoms with Gasteiger partial charge in [-0.1, -0.05) is 42.6 Å². The summed E-state index contributed by atoms with van der Waals surface area (Å²) in [5.74, 6) is 0.116. The van der Waals surface area contributed by atoms with E-state index in [2.05, 4.69) is 4.98 Å². The van der Waals surface area contributed by atoms with Crippen molar-refractivity contribution < 1.29 is 31.1 Å². The van der Waals surface area contributed by atoms with E-state index < -0.39 is 21.6 Å². The zero-order valence-corrected chi connectivity index (χ0v) is 23.7. The fraction of sp³-hybridized carbons (Fsp3) is 0.323. The summed E-state index contributed by atoms with van der Waals surface area (Å²) in [6.07, 6.45) is 0.217. The van der Waals surface area contributed by atoms with E-state index in [1.165, 1.54) is 36.4 Å². The SMILES string of the molecule is O=C(CC1CCCCC(Oc2ccc(C(F)(F)F)cc2)CC1)c1[nH]c2ccccc2c1S(=O)(=O)c1ccc(Cl)cc1. The first-order valence-electron chi connectivity index (χ1n) is 13.5. The molecule has 5 rings (SSSR count). The van der Waals surface area contributed by atoms with Gasteiger partial charge in [0.25, 0.3) is 0 Å². The second-order valence-electron chi connectivity index (χ2n) is 10.4. The highest BCUT2D eigenvalue weighted by atomic mass is 35.5.